The maximum atomic E-state index is 12.2. The summed E-state index contributed by atoms with van der Waals surface area (Å²) in [6.07, 6.45) is 0.271. The first-order valence-corrected chi connectivity index (χ1v) is 9.07. The average molecular weight is 389 g/mol. The van der Waals surface area contributed by atoms with E-state index in [4.69, 9.17) is 21.1 Å². The molecule has 0 saturated heterocycles. The van der Waals surface area contributed by atoms with E-state index in [9.17, 15) is 4.79 Å². The zero-order chi connectivity index (χ0) is 18.5. The lowest BCUT2D eigenvalue weighted by Crippen LogP contribution is -2.14. The highest BCUT2D eigenvalue weighted by Gasteiger charge is 2.10. The number of hydrogen-bond donors (Lipinski definition) is 1. The van der Waals surface area contributed by atoms with Crippen molar-refractivity contribution in [3.8, 4) is 22.8 Å². The van der Waals surface area contributed by atoms with Crippen molar-refractivity contribution in [3.05, 3.63) is 58.4 Å². The zero-order valence-corrected chi connectivity index (χ0v) is 15.9. The Morgan fingerprint density at radius 2 is 1.92 bits per heavy atom. The van der Waals surface area contributed by atoms with Gasteiger partial charge in [0.05, 0.1) is 31.4 Å². The summed E-state index contributed by atoms with van der Waals surface area (Å²) in [6.45, 7) is 0. The summed E-state index contributed by atoms with van der Waals surface area (Å²) in [6, 6.07) is 12.9. The van der Waals surface area contributed by atoms with Gasteiger partial charge in [-0.3, -0.25) is 4.79 Å². The van der Waals surface area contributed by atoms with Crippen LogP contribution in [-0.4, -0.2) is 25.1 Å². The van der Waals surface area contributed by atoms with Crippen LogP contribution in [0, 0.1) is 0 Å². The molecule has 1 N–H and O–H groups in total. The minimum absolute atomic E-state index is 0.121. The van der Waals surface area contributed by atoms with Gasteiger partial charge < -0.3 is 14.8 Å². The molecule has 134 valence electrons. The Morgan fingerprint density at radius 1 is 1.15 bits per heavy atom. The van der Waals surface area contributed by atoms with E-state index in [0.717, 1.165) is 22.6 Å². The largest absolute Gasteiger partial charge is 0.497 e. The lowest BCUT2D eigenvalue weighted by Gasteiger charge is -2.05. The van der Waals surface area contributed by atoms with Gasteiger partial charge in [-0.15, -0.1) is 11.3 Å². The van der Waals surface area contributed by atoms with Gasteiger partial charge in [0.1, 0.15) is 11.5 Å². The van der Waals surface area contributed by atoms with Gasteiger partial charge in [-0.25, -0.2) is 4.98 Å². The number of halogens is 1. The summed E-state index contributed by atoms with van der Waals surface area (Å²) < 4.78 is 10.3. The number of carbonyl (C=O) groups is 1. The van der Waals surface area contributed by atoms with Crippen LogP contribution in [0.4, 0.5) is 5.13 Å². The maximum absolute atomic E-state index is 12.2. The molecule has 1 amide bonds. The average Bonchev–Trinajstić information content (AvgIpc) is 3.10. The molecular formula is C19H17ClN2O3S. The van der Waals surface area contributed by atoms with Crippen molar-refractivity contribution in [1.82, 2.24) is 4.98 Å². The molecule has 0 saturated carbocycles. The van der Waals surface area contributed by atoms with Gasteiger partial charge in [-0.2, -0.15) is 0 Å². The number of nitrogens with zero attached hydrogens (tertiary/aromatic N) is 1. The molecule has 0 aliphatic rings. The Hall–Kier alpha value is -2.57. The molecule has 0 radical (unpaired) electrons. The second kappa shape index (κ2) is 8.21. The van der Waals surface area contributed by atoms with Crippen LogP contribution in [0.1, 0.15) is 5.56 Å². The molecule has 0 atom stereocenters. The van der Waals surface area contributed by atoms with Crippen LogP contribution in [0.15, 0.2) is 47.8 Å². The van der Waals surface area contributed by atoms with Crippen LogP contribution >= 0.6 is 22.9 Å². The highest BCUT2D eigenvalue weighted by Crippen LogP contribution is 2.31. The number of thiazole rings is 1. The third-order valence-corrected chi connectivity index (χ3v) is 4.77. The Balaban J connectivity index is 1.65. The third-order valence-electron chi connectivity index (χ3n) is 3.72. The fraction of sp³-hybridized carbons (Fsp3) is 0.158. The summed E-state index contributed by atoms with van der Waals surface area (Å²) in [5.41, 5.74) is 2.52. The first-order valence-electron chi connectivity index (χ1n) is 7.81. The number of hydrogen-bond acceptors (Lipinski definition) is 5. The van der Waals surface area contributed by atoms with Crippen LogP contribution in [0.2, 0.25) is 5.02 Å². The Labute approximate surface area is 160 Å². The van der Waals surface area contributed by atoms with E-state index in [1.807, 2.05) is 35.7 Å². The molecule has 1 aromatic heterocycles. The molecule has 3 aromatic rings. The van der Waals surface area contributed by atoms with Gasteiger partial charge in [-0.1, -0.05) is 23.7 Å². The van der Waals surface area contributed by atoms with E-state index < -0.39 is 0 Å². The predicted molar refractivity (Wildman–Crippen MR) is 104 cm³/mol. The highest BCUT2D eigenvalue weighted by atomic mass is 35.5. The topological polar surface area (TPSA) is 60.5 Å². The molecule has 0 spiro atoms. The third kappa shape index (κ3) is 4.33. The summed E-state index contributed by atoms with van der Waals surface area (Å²) in [4.78, 5) is 16.7. The summed E-state index contributed by atoms with van der Waals surface area (Å²) in [7, 11) is 3.18. The molecule has 3 rings (SSSR count). The zero-order valence-electron chi connectivity index (χ0n) is 14.3. The summed E-state index contributed by atoms with van der Waals surface area (Å²) in [5, 5.41) is 5.77. The van der Waals surface area contributed by atoms with Crippen molar-refractivity contribution in [2.75, 3.05) is 19.5 Å². The lowest BCUT2D eigenvalue weighted by atomic mass is 10.1. The van der Waals surface area contributed by atoms with Crippen LogP contribution in [0.5, 0.6) is 11.5 Å². The minimum atomic E-state index is -0.121. The second-order valence-electron chi connectivity index (χ2n) is 5.46. The number of methoxy groups -OCH3 is 2. The molecular weight excluding hydrogens is 372 g/mol. The summed E-state index contributed by atoms with van der Waals surface area (Å²) in [5.74, 6) is 1.25. The summed E-state index contributed by atoms with van der Waals surface area (Å²) >= 11 is 7.52. The Morgan fingerprint density at radius 3 is 2.58 bits per heavy atom. The van der Waals surface area contributed by atoms with E-state index in [1.54, 1.807) is 26.4 Å². The molecule has 2 aromatic carbocycles. The Bertz CT molecular complexity index is 909. The molecule has 0 bridgehead atoms. The van der Waals surface area contributed by atoms with Gasteiger partial charge in [0.2, 0.25) is 5.91 Å². The van der Waals surface area contributed by atoms with E-state index >= 15 is 0 Å². The normalized spacial score (nSPS) is 10.4. The first kappa shape index (κ1) is 18.2. The van der Waals surface area contributed by atoms with Crippen molar-refractivity contribution in [2.45, 2.75) is 6.42 Å². The second-order valence-corrected chi connectivity index (χ2v) is 6.73. The van der Waals surface area contributed by atoms with Crippen LogP contribution in [0.25, 0.3) is 11.3 Å². The van der Waals surface area contributed by atoms with E-state index in [-0.39, 0.29) is 12.3 Å². The molecule has 0 aliphatic carbocycles. The van der Waals surface area contributed by atoms with Gasteiger partial charge in [0.25, 0.3) is 0 Å². The van der Waals surface area contributed by atoms with Gasteiger partial charge in [-0.05, 0) is 35.9 Å². The molecule has 26 heavy (non-hydrogen) atoms. The van der Waals surface area contributed by atoms with Crippen molar-refractivity contribution >= 4 is 34.0 Å². The monoisotopic (exact) mass is 388 g/mol. The highest BCUT2D eigenvalue weighted by molar-refractivity contribution is 7.14. The number of carbonyl (C=O) groups excluding carboxylic acids is 1. The molecule has 5 nitrogen and oxygen atoms in total. The molecule has 1 heterocycles. The quantitative estimate of drug-likeness (QED) is 0.667. The number of rotatable bonds is 6. The van der Waals surface area contributed by atoms with Crippen molar-refractivity contribution in [2.24, 2.45) is 0 Å². The van der Waals surface area contributed by atoms with Gasteiger partial charge in [0.15, 0.2) is 5.13 Å². The van der Waals surface area contributed by atoms with E-state index in [0.29, 0.717) is 15.9 Å². The van der Waals surface area contributed by atoms with Crippen molar-refractivity contribution < 1.29 is 14.3 Å². The molecule has 0 aliphatic heterocycles. The van der Waals surface area contributed by atoms with Crippen LogP contribution in [-0.2, 0) is 11.2 Å². The number of ether oxygens (including phenoxy) is 2. The van der Waals surface area contributed by atoms with E-state index in [1.165, 1.54) is 11.3 Å². The number of amides is 1. The van der Waals surface area contributed by atoms with Crippen LogP contribution in [0.3, 0.4) is 0 Å². The molecule has 0 unspecified atom stereocenters. The van der Waals surface area contributed by atoms with E-state index in [2.05, 4.69) is 10.3 Å². The minimum Gasteiger partial charge on any atom is -0.497 e. The standard InChI is InChI=1S/C19H17ClN2O3S/c1-24-14-6-3-12(4-7-14)9-18(23)22-19-21-16(11-26-19)13-5-8-17(25-2)15(20)10-13/h3-8,10-11H,9H2,1-2H3,(H,21,22,23). The number of anilines is 1. The number of benzene rings is 2. The fourth-order valence-corrected chi connectivity index (χ4v) is 3.38. The Kier molecular flexibility index (Phi) is 5.75. The molecule has 7 heteroatoms. The number of nitrogens with one attached hydrogen (secondary N) is 1. The molecule has 0 fully saturated rings. The predicted octanol–water partition coefficient (Wildman–Crippen LogP) is 4.66. The smallest absolute Gasteiger partial charge is 0.230 e. The lowest BCUT2D eigenvalue weighted by molar-refractivity contribution is -0.115. The van der Waals surface area contributed by atoms with Crippen molar-refractivity contribution in [3.63, 3.8) is 0 Å². The van der Waals surface area contributed by atoms with Gasteiger partial charge >= 0.3 is 0 Å². The maximum Gasteiger partial charge on any atom is 0.230 e. The first-order chi connectivity index (χ1) is 12.6. The SMILES string of the molecule is COc1ccc(CC(=O)Nc2nc(-c3ccc(OC)c(Cl)c3)cs2)cc1. The van der Waals surface area contributed by atoms with Crippen molar-refractivity contribution in [1.29, 1.82) is 0 Å². The van der Waals surface area contributed by atoms with Gasteiger partial charge in [0, 0.05) is 10.9 Å². The fourth-order valence-electron chi connectivity index (χ4n) is 2.38. The number of aromatic nitrogens is 1. The van der Waals surface area contributed by atoms with Crippen LogP contribution < -0.4 is 14.8 Å².